The van der Waals surface area contributed by atoms with Crippen LogP contribution in [0.5, 0.6) is 11.6 Å². The summed E-state index contributed by atoms with van der Waals surface area (Å²) in [6.45, 7) is 0. The number of aromatic nitrogens is 2. The van der Waals surface area contributed by atoms with Gasteiger partial charge in [-0.3, -0.25) is 0 Å². The second-order valence-electron chi connectivity index (χ2n) is 3.64. The highest BCUT2D eigenvalue weighted by Gasteiger charge is 2.10. The number of rotatable bonds is 3. The lowest BCUT2D eigenvalue weighted by atomic mass is 10.3. The first-order valence-electron chi connectivity index (χ1n) is 5.02. The molecule has 19 heavy (non-hydrogen) atoms. The molecule has 8 heteroatoms. The first kappa shape index (κ1) is 14.2. The molecule has 0 spiro atoms. The van der Waals surface area contributed by atoms with E-state index < -0.39 is 9.84 Å². The van der Waals surface area contributed by atoms with Crippen LogP contribution in [0.15, 0.2) is 39.8 Å². The first-order valence-corrected chi connectivity index (χ1v) is 8.08. The minimum absolute atomic E-state index is 0.0393. The average Bonchev–Trinajstić information content (AvgIpc) is 2.33. The number of ether oxygens (including phenoxy) is 1. The molecule has 0 fully saturated rings. The van der Waals surface area contributed by atoms with E-state index in [1.165, 1.54) is 18.3 Å². The Morgan fingerprint density at radius 2 is 2.11 bits per heavy atom. The Morgan fingerprint density at radius 3 is 2.79 bits per heavy atom. The summed E-state index contributed by atoms with van der Waals surface area (Å²) >= 11 is 8.89. The van der Waals surface area contributed by atoms with E-state index in [1.54, 1.807) is 12.1 Å². The Balaban J connectivity index is 2.36. The van der Waals surface area contributed by atoms with Gasteiger partial charge in [-0.25, -0.2) is 13.4 Å². The molecule has 0 N–H and O–H groups in total. The molecule has 1 aromatic carbocycles. The lowest BCUT2D eigenvalue weighted by Crippen LogP contribution is -1.98. The maximum Gasteiger partial charge on any atom is 0.237 e. The summed E-state index contributed by atoms with van der Waals surface area (Å²) in [5.74, 6) is 0.559. The lowest BCUT2D eigenvalue weighted by molar-refractivity contribution is 0.456. The van der Waals surface area contributed by atoms with Gasteiger partial charge in [-0.15, -0.1) is 0 Å². The van der Waals surface area contributed by atoms with Crippen LogP contribution in [0.25, 0.3) is 0 Å². The van der Waals surface area contributed by atoms with Crippen LogP contribution in [0.2, 0.25) is 5.28 Å². The summed E-state index contributed by atoms with van der Waals surface area (Å²) in [5, 5.41) is 0.0393. The highest BCUT2D eigenvalue weighted by molar-refractivity contribution is 9.10. The minimum Gasteiger partial charge on any atom is -0.438 e. The summed E-state index contributed by atoms with van der Waals surface area (Å²) < 4.78 is 28.9. The molecule has 100 valence electrons. The monoisotopic (exact) mass is 362 g/mol. The summed E-state index contributed by atoms with van der Waals surface area (Å²) in [4.78, 5) is 7.83. The third kappa shape index (κ3) is 3.65. The molecule has 0 radical (unpaired) electrons. The van der Waals surface area contributed by atoms with Crippen molar-refractivity contribution in [3.8, 4) is 11.6 Å². The molecule has 0 aliphatic rings. The van der Waals surface area contributed by atoms with E-state index in [0.717, 1.165) is 6.26 Å². The fraction of sp³-hybridized carbons (Fsp3) is 0.0909. The van der Waals surface area contributed by atoms with Crippen molar-refractivity contribution in [2.24, 2.45) is 0 Å². The summed E-state index contributed by atoms with van der Waals surface area (Å²) in [7, 11) is -3.29. The van der Waals surface area contributed by atoms with Crippen molar-refractivity contribution in [2.45, 2.75) is 4.90 Å². The number of nitrogens with zero attached hydrogens (tertiary/aromatic N) is 2. The van der Waals surface area contributed by atoms with Gasteiger partial charge in [0, 0.05) is 12.5 Å². The SMILES string of the molecule is CS(=O)(=O)c1cccc(Oc2nc(Cl)ncc2Br)c1. The van der Waals surface area contributed by atoms with Gasteiger partial charge < -0.3 is 4.74 Å². The Hall–Kier alpha value is -1.18. The predicted molar refractivity (Wildman–Crippen MR) is 74.4 cm³/mol. The van der Waals surface area contributed by atoms with Gasteiger partial charge in [-0.2, -0.15) is 4.98 Å². The van der Waals surface area contributed by atoms with Crippen molar-refractivity contribution in [3.05, 3.63) is 40.2 Å². The van der Waals surface area contributed by atoms with E-state index in [-0.39, 0.29) is 16.1 Å². The van der Waals surface area contributed by atoms with Gasteiger partial charge in [0.05, 0.1) is 9.37 Å². The number of halogens is 2. The van der Waals surface area contributed by atoms with E-state index in [2.05, 4.69) is 25.9 Å². The molecule has 5 nitrogen and oxygen atoms in total. The topological polar surface area (TPSA) is 69.2 Å². The molecule has 0 aliphatic carbocycles. The van der Waals surface area contributed by atoms with Crippen molar-refractivity contribution in [3.63, 3.8) is 0 Å². The second kappa shape index (κ2) is 5.44. The Labute approximate surface area is 123 Å². The van der Waals surface area contributed by atoms with Crippen molar-refractivity contribution in [1.29, 1.82) is 0 Å². The van der Waals surface area contributed by atoms with Crippen LogP contribution in [-0.4, -0.2) is 24.6 Å². The van der Waals surface area contributed by atoms with E-state index in [0.29, 0.717) is 10.2 Å². The maximum atomic E-state index is 11.4. The number of sulfone groups is 1. The van der Waals surface area contributed by atoms with Gasteiger partial charge in [0.15, 0.2) is 9.84 Å². The molecule has 0 aliphatic heterocycles. The standard InChI is InChI=1S/C11H8BrClN2O3S/c1-19(16,17)8-4-2-3-7(5-8)18-10-9(12)6-14-11(13)15-10/h2-6H,1H3. The minimum atomic E-state index is -3.29. The molecule has 1 heterocycles. The molecular weight excluding hydrogens is 356 g/mol. The molecule has 0 amide bonds. The van der Waals surface area contributed by atoms with Crippen molar-refractivity contribution in [2.75, 3.05) is 6.26 Å². The van der Waals surface area contributed by atoms with Crippen LogP contribution in [0.1, 0.15) is 0 Å². The van der Waals surface area contributed by atoms with Gasteiger partial charge in [-0.1, -0.05) is 6.07 Å². The predicted octanol–water partition coefficient (Wildman–Crippen LogP) is 3.09. The quantitative estimate of drug-likeness (QED) is 0.784. The number of hydrogen-bond acceptors (Lipinski definition) is 5. The van der Waals surface area contributed by atoms with Crippen LogP contribution in [-0.2, 0) is 9.84 Å². The van der Waals surface area contributed by atoms with E-state index in [9.17, 15) is 8.42 Å². The summed E-state index contributed by atoms with van der Waals surface area (Å²) in [5.41, 5.74) is 0. The first-order chi connectivity index (χ1) is 8.86. The number of benzene rings is 1. The molecular formula is C11H8BrClN2O3S. The van der Waals surface area contributed by atoms with Crippen molar-refractivity contribution < 1.29 is 13.2 Å². The molecule has 2 rings (SSSR count). The average molecular weight is 364 g/mol. The largest absolute Gasteiger partial charge is 0.438 e. The van der Waals surface area contributed by atoms with Gasteiger partial charge in [-0.05, 0) is 45.7 Å². The fourth-order valence-electron chi connectivity index (χ4n) is 1.28. The zero-order valence-corrected chi connectivity index (χ0v) is 12.8. The summed E-state index contributed by atoms with van der Waals surface area (Å²) in [6.07, 6.45) is 2.58. The molecule has 0 saturated carbocycles. The van der Waals surface area contributed by atoms with Crippen LogP contribution in [0.4, 0.5) is 0 Å². The third-order valence-electron chi connectivity index (χ3n) is 2.13. The van der Waals surface area contributed by atoms with Gasteiger partial charge >= 0.3 is 0 Å². The lowest BCUT2D eigenvalue weighted by Gasteiger charge is -2.07. The van der Waals surface area contributed by atoms with Crippen molar-refractivity contribution >= 4 is 37.4 Å². The van der Waals surface area contributed by atoms with Crippen LogP contribution < -0.4 is 4.74 Å². The van der Waals surface area contributed by atoms with E-state index in [4.69, 9.17) is 16.3 Å². The van der Waals surface area contributed by atoms with Gasteiger partial charge in [0.25, 0.3) is 0 Å². The third-order valence-corrected chi connectivity index (χ3v) is 3.97. The molecule has 0 unspecified atom stereocenters. The maximum absolute atomic E-state index is 11.4. The Morgan fingerprint density at radius 1 is 1.37 bits per heavy atom. The summed E-state index contributed by atoms with van der Waals surface area (Å²) in [6, 6.07) is 6.11. The van der Waals surface area contributed by atoms with Crippen molar-refractivity contribution in [1.82, 2.24) is 9.97 Å². The van der Waals surface area contributed by atoms with Crippen LogP contribution >= 0.6 is 27.5 Å². The molecule has 2 aromatic rings. The second-order valence-corrected chi connectivity index (χ2v) is 6.85. The Kier molecular flexibility index (Phi) is 4.07. The van der Waals surface area contributed by atoms with Gasteiger partial charge in [0.1, 0.15) is 5.75 Å². The van der Waals surface area contributed by atoms with E-state index >= 15 is 0 Å². The zero-order chi connectivity index (χ0) is 14.0. The fourth-order valence-corrected chi connectivity index (χ4v) is 2.34. The smallest absolute Gasteiger partial charge is 0.237 e. The van der Waals surface area contributed by atoms with Crippen LogP contribution in [0, 0.1) is 0 Å². The Bertz CT molecular complexity index is 722. The highest BCUT2D eigenvalue weighted by atomic mass is 79.9. The molecule has 0 bridgehead atoms. The molecule has 0 atom stereocenters. The molecule has 0 saturated heterocycles. The zero-order valence-electron chi connectivity index (χ0n) is 9.67. The van der Waals surface area contributed by atoms with E-state index in [1.807, 2.05) is 0 Å². The van der Waals surface area contributed by atoms with Gasteiger partial charge in [0.2, 0.25) is 11.2 Å². The molecule has 1 aromatic heterocycles. The number of hydrogen-bond donors (Lipinski definition) is 0. The normalized spacial score (nSPS) is 11.3. The highest BCUT2D eigenvalue weighted by Crippen LogP contribution is 2.28. The van der Waals surface area contributed by atoms with Crippen LogP contribution in [0.3, 0.4) is 0 Å².